The lowest BCUT2D eigenvalue weighted by molar-refractivity contribution is 0.415. The molecule has 0 N–H and O–H groups in total. The third-order valence-electron chi connectivity index (χ3n) is 1.87. The topological polar surface area (TPSA) is 22.1 Å². The van der Waals surface area contributed by atoms with Crippen molar-refractivity contribution in [2.24, 2.45) is 0 Å². The van der Waals surface area contributed by atoms with Crippen molar-refractivity contribution >= 4 is 26.8 Å². The lowest BCUT2D eigenvalue weighted by Crippen LogP contribution is -1.85. The normalized spacial score (nSPS) is 9.33. The Morgan fingerprint density at radius 2 is 2.00 bits per heavy atom. The molecule has 0 aliphatic rings. The van der Waals surface area contributed by atoms with Gasteiger partial charge in [0, 0.05) is 16.1 Å². The summed E-state index contributed by atoms with van der Waals surface area (Å²) in [7, 11) is 1.66. The van der Waals surface area contributed by atoms with Crippen molar-refractivity contribution in [2.45, 2.75) is 13.8 Å². The molecule has 15 heavy (non-hydrogen) atoms. The first-order chi connectivity index (χ1) is 7.31. The molecule has 0 aliphatic carbocycles. The van der Waals surface area contributed by atoms with E-state index in [0.29, 0.717) is 0 Å². The molecule has 1 aromatic heterocycles. The van der Waals surface area contributed by atoms with Crippen LogP contribution in [0.1, 0.15) is 13.8 Å². The fourth-order valence-corrected chi connectivity index (χ4v) is 1.80. The van der Waals surface area contributed by atoms with Gasteiger partial charge in [-0.05, 0) is 34.1 Å². The minimum atomic E-state index is 0.840. The van der Waals surface area contributed by atoms with Crippen molar-refractivity contribution in [2.75, 3.05) is 7.11 Å². The average Bonchev–Trinajstić information content (AvgIpc) is 2.31. The second-order valence-corrected chi connectivity index (χ2v) is 3.54. The van der Waals surface area contributed by atoms with E-state index in [-0.39, 0.29) is 0 Å². The minimum Gasteiger partial charge on any atom is -0.497 e. The van der Waals surface area contributed by atoms with Crippen molar-refractivity contribution in [3.63, 3.8) is 0 Å². The van der Waals surface area contributed by atoms with Gasteiger partial charge in [0.05, 0.1) is 12.6 Å². The summed E-state index contributed by atoms with van der Waals surface area (Å²) in [4.78, 5) is 4.25. The highest BCUT2D eigenvalue weighted by Gasteiger charge is 2.01. The number of hydrogen-bond acceptors (Lipinski definition) is 2. The molecule has 1 heterocycles. The maximum absolute atomic E-state index is 5.15. The van der Waals surface area contributed by atoms with Gasteiger partial charge in [-0.3, -0.25) is 4.98 Å². The van der Waals surface area contributed by atoms with Gasteiger partial charge in [-0.25, -0.2) is 0 Å². The largest absolute Gasteiger partial charge is 0.497 e. The van der Waals surface area contributed by atoms with Gasteiger partial charge in [-0.15, -0.1) is 0 Å². The molecule has 0 amide bonds. The number of pyridine rings is 1. The quantitative estimate of drug-likeness (QED) is 0.778. The van der Waals surface area contributed by atoms with Crippen LogP contribution in [0.15, 0.2) is 34.9 Å². The lowest BCUT2D eigenvalue weighted by Gasteiger charge is -2.03. The van der Waals surface area contributed by atoms with E-state index in [1.165, 1.54) is 0 Å². The second-order valence-electron chi connectivity index (χ2n) is 2.68. The predicted molar refractivity (Wildman–Crippen MR) is 67.3 cm³/mol. The zero-order valence-corrected chi connectivity index (χ0v) is 10.7. The lowest BCUT2D eigenvalue weighted by atomic mass is 10.2. The molecule has 0 aliphatic heterocycles. The highest BCUT2D eigenvalue weighted by Crippen LogP contribution is 2.27. The minimum absolute atomic E-state index is 0.840. The molecule has 2 aromatic rings. The number of ether oxygens (including phenoxy) is 1. The van der Waals surface area contributed by atoms with E-state index >= 15 is 0 Å². The Kier molecular flexibility index (Phi) is 4.56. The standard InChI is InChI=1S/C10H8BrNO.C2H6/c1-13-8-5-7-3-2-4-12-10(7)9(11)6-8;1-2/h2-6H,1H3;1-2H3. The van der Waals surface area contributed by atoms with Gasteiger partial charge in [0.1, 0.15) is 5.75 Å². The maximum Gasteiger partial charge on any atom is 0.120 e. The highest BCUT2D eigenvalue weighted by atomic mass is 79.9. The van der Waals surface area contributed by atoms with Crippen molar-refractivity contribution in [1.29, 1.82) is 0 Å². The second kappa shape index (κ2) is 5.71. The van der Waals surface area contributed by atoms with Gasteiger partial charge in [0.15, 0.2) is 0 Å². The van der Waals surface area contributed by atoms with Gasteiger partial charge >= 0.3 is 0 Å². The van der Waals surface area contributed by atoms with Crippen LogP contribution >= 0.6 is 15.9 Å². The molecule has 1 aromatic carbocycles. The molecule has 80 valence electrons. The Bertz CT molecular complexity index is 443. The monoisotopic (exact) mass is 267 g/mol. The van der Waals surface area contributed by atoms with Crippen molar-refractivity contribution in [3.05, 3.63) is 34.9 Å². The Balaban J connectivity index is 0.000000531. The highest BCUT2D eigenvalue weighted by molar-refractivity contribution is 9.10. The van der Waals surface area contributed by atoms with Gasteiger partial charge in [-0.2, -0.15) is 0 Å². The zero-order valence-electron chi connectivity index (χ0n) is 9.12. The van der Waals surface area contributed by atoms with E-state index in [1.807, 2.05) is 38.1 Å². The van der Waals surface area contributed by atoms with Crippen LogP contribution in [0.3, 0.4) is 0 Å². The molecule has 0 radical (unpaired) electrons. The van der Waals surface area contributed by atoms with Gasteiger partial charge in [0.25, 0.3) is 0 Å². The Labute approximate surface area is 98.4 Å². The van der Waals surface area contributed by atoms with Crippen LogP contribution in [0.4, 0.5) is 0 Å². The molecule has 0 bridgehead atoms. The van der Waals surface area contributed by atoms with Crippen molar-refractivity contribution in [1.82, 2.24) is 4.98 Å². The van der Waals surface area contributed by atoms with E-state index in [9.17, 15) is 0 Å². The molecule has 2 nitrogen and oxygen atoms in total. The molecular weight excluding hydrogens is 254 g/mol. The van der Waals surface area contributed by atoms with Crippen LogP contribution in [-0.2, 0) is 0 Å². The first-order valence-corrected chi connectivity index (χ1v) is 5.69. The smallest absolute Gasteiger partial charge is 0.120 e. The predicted octanol–water partition coefficient (Wildman–Crippen LogP) is 4.03. The fraction of sp³-hybridized carbons (Fsp3) is 0.250. The fourth-order valence-electron chi connectivity index (χ4n) is 1.24. The van der Waals surface area contributed by atoms with Crippen LogP contribution in [0.5, 0.6) is 5.75 Å². The summed E-state index contributed by atoms with van der Waals surface area (Å²) in [5.74, 6) is 0.840. The summed E-state index contributed by atoms with van der Waals surface area (Å²) in [6, 6.07) is 7.80. The van der Waals surface area contributed by atoms with Crippen LogP contribution in [0.2, 0.25) is 0 Å². The number of halogens is 1. The molecule has 0 atom stereocenters. The third kappa shape index (κ3) is 2.69. The Morgan fingerprint density at radius 3 is 2.67 bits per heavy atom. The SMILES string of the molecule is CC.COc1cc(Br)c2ncccc2c1. The van der Waals surface area contributed by atoms with Crippen molar-refractivity contribution in [3.8, 4) is 5.75 Å². The van der Waals surface area contributed by atoms with E-state index in [0.717, 1.165) is 21.1 Å². The Hall–Kier alpha value is -1.09. The number of nitrogens with zero attached hydrogens (tertiary/aromatic N) is 1. The molecule has 0 spiro atoms. The van der Waals surface area contributed by atoms with Crippen LogP contribution in [-0.4, -0.2) is 12.1 Å². The van der Waals surface area contributed by atoms with Crippen LogP contribution in [0, 0.1) is 0 Å². The van der Waals surface area contributed by atoms with Gasteiger partial charge in [0.2, 0.25) is 0 Å². The summed E-state index contributed by atoms with van der Waals surface area (Å²) < 4.78 is 6.11. The van der Waals surface area contributed by atoms with Gasteiger partial charge < -0.3 is 4.74 Å². The van der Waals surface area contributed by atoms with Crippen molar-refractivity contribution < 1.29 is 4.74 Å². The number of methoxy groups -OCH3 is 1. The van der Waals surface area contributed by atoms with Crippen LogP contribution in [0.25, 0.3) is 10.9 Å². The first kappa shape index (κ1) is 12.0. The number of hydrogen-bond donors (Lipinski definition) is 0. The van der Waals surface area contributed by atoms with E-state index < -0.39 is 0 Å². The summed E-state index contributed by atoms with van der Waals surface area (Å²) in [6.45, 7) is 4.00. The summed E-state index contributed by atoms with van der Waals surface area (Å²) >= 11 is 3.45. The van der Waals surface area contributed by atoms with Crippen LogP contribution < -0.4 is 4.74 Å². The number of fused-ring (bicyclic) bond motifs is 1. The number of rotatable bonds is 1. The molecule has 0 unspecified atom stereocenters. The summed E-state index contributed by atoms with van der Waals surface area (Å²) in [5.41, 5.74) is 0.961. The Morgan fingerprint density at radius 1 is 1.27 bits per heavy atom. The van der Waals surface area contributed by atoms with E-state index in [2.05, 4.69) is 20.9 Å². The summed E-state index contributed by atoms with van der Waals surface area (Å²) in [5, 5.41) is 1.08. The van der Waals surface area contributed by atoms with E-state index in [4.69, 9.17) is 4.74 Å². The number of benzene rings is 1. The van der Waals surface area contributed by atoms with E-state index in [1.54, 1.807) is 13.3 Å². The zero-order chi connectivity index (χ0) is 11.3. The van der Waals surface area contributed by atoms with Gasteiger partial charge in [-0.1, -0.05) is 19.9 Å². The molecule has 0 fully saturated rings. The third-order valence-corrected chi connectivity index (χ3v) is 2.47. The molecular formula is C12H14BrNO. The average molecular weight is 268 g/mol. The molecule has 2 rings (SSSR count). The molecule has 0 saturated carbocycles. The molecule has 0 saturated heterocycles. The molecule has 3 heteroatoms. The summed E-state index contributed by atoms with van der Waals surface area (Å²) in [6.07, 6.45) is 1.78. The first-order valence-electron chi connectivity index (χ1n) is 4.89. The number of aromatic nitrogens is 1. The maximum atomic E-state index is 5.15.